The molecule has 2 atom stereocenters. The Morgan fingerprint density at radius 3 is 2.38 bits per heavy atom. The average Bonchev–Trinajstić information content (AvgIpc) is 3.15. The SMILES string of the molecule is COCCCOc1nn(C2CCC(N3[C@@H]4CC[C@H]3COC4)CC2)cc1N. The second-order valence-electron chi connectivity index (χ2n) is 7.90. The number of nitrogens with zero attached hydrogens (tertiary/aromatic N) is 3. The molecule has 2 aliphatic heterocycles. The zero-order valence-electron chi connectivity index (χ0n) is 15.8. The summed E-state index contributed by atoms with van der Waals surface area (Å²) in [6.07, 6.45) is 10.2. The summed E-state index contributed by atoms with van der Waals surface area (Å²) in [5.74, 6) is 0.564. The third kappa shape index (κ3) is 3.70. The maximum Gasteiger partial charge on any atom is 0.256 e. The minimum atomic E-state index is 0.434. The van der Waals surface area contributed by atoms with E-state index in [-0.39, 0.29) is 0 Å². The number of morpholine rings is 1. The largest absolute Gasteiger partial charge is 0.475 e. The van der Waals surface area contributed by atoms with Crippen LogP contribution in [-0.2, 0) is 9.47 Å². The van der Waals surface area contributed by atoms with E-state index in [1.165, 1.54) is 25.7 Å². The van der Waals surface area contributed by atoms with Gasteiger partial charge in [0.05, 0.1) is 32.1 Å². The Hall–Kier alpha value is -1.31. The van der Waals surface area contributed by atoms with Gasteiger partial charge in [0.15, 0.2) is 0 Å². The molecule has 1 saturated carbocycles. The van der Waals surface area contributed by atoms with Gasteiger partial charge in [0.25, 0.3) is 5.88 Å². The summed E-state index contributed by atoms with van der Waals surface area (Å²) in [7, 11) is 1.70. The molecule has 1 aromatic rings. The first kappa shape index (κ1) is 18.1. The molecule has 0 aromatic carbocycles. The third-order valence-electron chi connectivity index (χ3n) is 6.22. The fourth-order valence-electron chi connectivity index (χ4n) is 4.94. The zero-order valence-corrected chi connectivity index (χ0v) is 15.8. The van der Waals surface area contributed by atoms with Crippen molar-refractivity contribution in [3.63, 3.8) is 0 Å². The molecule has 2 bridgehead atoms. The molecule has 0 amide bonds. The van der Waals surface area contributed by atoms with Gasteiger partial charge in [-0.25, -0.2) is 0 Å². The normalized spacial score (nSPS) is 32.0. The maximum atomic E-state index is 6.09. The number of hydrogen-bond acceptors (Lipinski definition) is 6. The molecular formula is C19H32N4O3. The van der Waals surface area contributed by atoms with E-state index in [1.54, 1.807) is 7.11 Å². The van der Waals surface area contributed by atoms with E-state index in [0.29, 0.717) is 48.9 Å². The Morgan fingerprint density at radius 1 is 1.04 bits per heavy atom. The molecule has 26 heavy (non-hydrogen) atoms. The van der Waals surface area contributed by atoms with E-state index in [0.717, 1.165) is 32.5 Å². The number of nitrogen functional groups attached to an aromatic ring is 1. The molecule has 0 unspecified atom stereocenters. The van der Waals surface area contributed by atoms with E-state index >= 15 is 0 Å². The van der Waals surface area contributed by atoms with Crippen molar-refractivity contribution in [2.24, 2.45) is 0 Å². The highest BCUT2D eigenvalue weighted by molar-refractivity contribution is 5.46. The van der Waals surface area contributed by atoms with E-state index in [9.17, 15) is 0 Å². The van der Waals surface area contributed by atoms with Crippen molar-refractivity contribution in [2.45, 2.75) is 69.1 Å². The molecule has 3 heterocycles. The topological polar surface area (TPSA) is 74.8 Å². The van der Waals surface area contributed by atoms with Crippen LogP contribution in [0.1, 0.15) is 51.0 Å². The van der Waals surface area contributed by atoms with Crippen LogP contribution < -0.4 is 10.5 Å². The van der Waals surface area contributed by atoms with Crippen LogP contribution in [0.25, 0.3) is 0 Å². The molecule has 1 aliphatic carbocycles. The summed E-state index contributed by atoms with van der Waals surface area (Å²) < 4.78 is 18.5. The molecule has 4 rings (SSSR count). The minimum Gasteiger partial charge on any atom is -0.475 e. The molecule has 0 radical (unpaired) electrons. The van der Waals surface area contributed by atoms with E-state index in [4.69, 9.17) is 19.9 Å². The van der Waals surface area contributed by atoms with Crippen LogP contribution in [-0.4, -0.2) is 66.3 Å². The number of rotatable bonds is 7. The predicted molar refractivity (Wildman–Crippen MR) is 99.4 cm³/mol. The van der Waals surface area contributed by atoms with Gasteiger partial charge in [-0.3, -0.25) is 9.58 Å². The van der Waals surface area contributed by atoms with Crippen LogP contribution in [0, 0.1) is 0 Å². The first-order chi connectivity index (χ1) is 12.8. The summed E-state index contributed by atoms with van der Waals surface area (Å²) in [4.78, 5) is 2.78. The molecule has 7 heteroatoms. The molecule has 2 saturated heterocycles. The van der Waals surface area contributed by atoms with Gasteiger partial charge >= 0.3 is 0 Å². The number of fused-ring (bicyclic) bond motifs is 2. The molecule has 3 aliphatic rings. The van der Waals surface area contributed by atoms with Crippen LogP contribution in [0.3, 0.4) is 0 Å². The summed E-state index contributed by atoms with van der Waals surface area (Å²) in [6.45, 7) is 3.13. The fourth-order valence-corrected chi connectivity index (χ4v) is 4.94. The lowest BCUT2D eigenvalue weighted by Gasteiger charge is -2.43. The lowest BCUT2D eigenvalue weighted by Crippen LogP contribution is -2.52. The van der Waals surface area contributed by atoms with Crippen LogP contribution in [0.4, 0.5) is 5.69 Å². The van der Waals surface area contributed by atoms with Crippen molar-refractivity contribution in [1.82, 2.24) is 14.7 Å². The van der Waals surface area contributed by atoms with Gasteiger partial charge < -0.3 is 19.9 Å². The Kier molecular flexibility index (Phi) is 5.66. The van der Waals surface area contributed by atoms with Crippen molar-refractivity contribution in [3.8, 4) is 5.88 Å². The number of methoxy groups -OCH3 is 1. The van der Waals surface area contributed by atoms with Gasteiger partial charge in [0.2, 0.25) is 0 Å². The number of aromatic nitrogens is 2. The van der Waals surface area contributed by atoms with Gasteiger partial charge in [-0.2, -0.15) is 0 Å². The average molecular weight is 364 g/mol. The number of anilines is 1. The highest BCUT2D eigenvalue weighted by Gasteiger charge is 2.42. The fraction of sp³-hybridized carbons (Fsp3) is 0.842. The zero-order chi connectivity index (χ0) is 17.9. The lowest BCUT2D eigenvalue weighted by molar-refractivity contribution is -0.0458. The Balaban J connectivity index is 1.31. The molecule has 2 N–H and O–H groups in total. The Bertz CT molecular complexity index is 569. The van der Waals surface area contributed by atoms with Crippen molar-refractivity contribution < 1.29 is 14.2 Å². The third-order valence-corrected chi connectivity index (χ3v) is 6.22. The number of ether oxygens (including phenoxy) is 3. The predicted octanol–water partition coefficient (Wildman–Crippen LogP) is 2.23. The smallest absolute Gasteiger partial charge is 0.256 e. The van der Waals surface area contributed by atoms with Gasteiger partial charge in [-0.15, -0.1) is 5.10 Å². The van der Waals surface area contributed by atoms with Crippen molar-refractivity contribution in [2.75, 3.05) is 39.3 Å². The number of hydrogen-bond donors (Lipinski definition) is 1. The second-order valence-corrected chi connectivity index (χ2v) is 7.90. The Labute approximate surface area is 155 Å². The summed E-state index contributed by atoms with van der Waals surface area (Å²) in [5.41, 5.74) is 6.72. The monoisotopic (exact) mass is 364 g/mol. The van der Waals surface area contributed by atoms with Crippen molar-refractivity contribution in [3.05, 3.63) is 6.20 Å². The van der Waals surface area contributed by atoms with Gasteiger partial charge in [0, 0.05) is 38.3 Å². The van der Waals surface area contributed by atoms with Gasteiger partial charge in [-0.1, -0.05) is 0 Å². The molecule has 3 fully saturated rings. The highest BCUT2D eigenvalue weighted by atomic mass is 16.5. The maximum absolute atomic E-state index is 6.09. The van der Waals surface area contributed by atoms with E-state index < -0.39 is 0 Å². The quantitative estimate of drug-likeness (QED) is 0.748. The first-order valence-corrected chi connectivity index (χ1v) is 10.1. The highest BCUT2D eigenvalue weighted by Crippen LogP contribution is 2.38. The molecule has 146 valence electrons. The van der Waals surface area contributed by atoms with Gasteiger partial charge in [-0.05, 0) is 38.5 Å². The molecule has 1 aromatic heterocycles. The second kappa shape index (κ2) is 8.15. The van der Waals surface area contributed by atoms with Crippen LogP contribution in [0.15, 0.2) is 6.20 Å². The standard InChI is InChI=1S/C19H32N4O3/c1-24-9-2-10-26-19-18(20)11-22(21-19)14-3-5-15(6-4-14)23-16-7-8-17(23)13-25-12-16/h11,14-17H,2-10,12-13,20H2,1H3/t14?,15?,16-,17+. The van der Waals surface area contributed by atoms with Crippen molar-refractivity contribution >= 4 is 5.69 Å². The van der Waals surface area contributed by atoms with Crippen LogP contribution in [0.2, 0.25) is 0 Å². The number of nitrogens with two attached hydrogens (primary N) is 1. The minimum absolute atomic E-state index is 0.434. The van der Waals surface area contributed by atoms with Gasteiger partial charge in [0.1, 0.15) is 5.69 Å². The summed E-state index contributed by atoms with van der Waals surface area (Å²) in [6, 6.07) is 2.46. The first-order valence-electron chi connectivity index (χ1n) is 10.1. The van der Waals surface area contributed by atoms with E-state index in [1.807, 2.05) is 10.9 Å². The summed E-state index contributed by atoms with van der Waals surface area (Å²) >= 11 is 0. The molecule has 0 spiro atoms. The Morgan fingerprint density at radius 2 is 1.69 bits per heavy atom. The van der Waals surface area contributed by atoms with Crippen LogP contribution in [0.5, 0.6) is 5.88 Å². The van der Waals surface area contributed by atoms with E-state index in [2.05, 4.69) is 10.00 Å². The lowest BCUT2D eigenvalue weighted by atomic mass is 9.89. The van der Waals surface area contributed by atoms with Crippen LogP contribution >= 0.6 is 0 Å². The molecule has 7 nitrogen and oxygen atoms in total. The van der Waals surface area contributed by atoms with Crippen molar-refractivity contribution in [1.29, 1.82) is 0 Å². The molecular weight excluding hydrogens is 332 g/mol. The summed E-state index contributed by atoms with van der Waals surface area (Å²) in [5, 5.41) is 4.61.